The molecular weight excluding hydrogens is 222 g/mol. The monoisotopic (exact) mass is 245 g/mol. The molecule has 0 bridgehead atoms. The molecule has 2 nitrogen and oxygen atoms in total. The lowest BCUT2D eigenvalue weighted by atomic mass is 9.82. The normalized spacial score (nSPS) is 18.4. The van der Waals surface area contributed by atoms with Crippen LogP contribution in [-0.4, -0.2) is 10.8 Å². The van der Waals surface area contributed by atoms with Gasteiger partial charge in [0.2, 0.25) is 0 Å². The van der Waals surface area contributed by atoms with Gasteiger partial charge < -0.3 is 0 Å². The lowest BCUT2D eigenvalue weighted by Crippen LogP contribution is -2.19. The number of aromatic nitrogens is 1. The molecule has 98 valence electrons. The lowest BCUT2D eigenvalue weighted by Gasteiger charge is -2.23. The molecule has 1 unspecified atom stereocenters. The molecule has 1 aliphatic carbocycles. The highest BCUT2D eigenvalue weighted by Crippen LogP contribution is 2.31. The summed E-state index contributed by atoms with van der Waals surface area (Å²) >= 11 is 0. The number of ketones is 1. The highest BCUT2D eigenvalue weighted by molar-refractivity contribution is 5.85. The molecule has 0 aliphatic heterocycles. The SMILES string of the molecule is CCCCCCC(=O)C1CCCc2cccnc21. The topological polar surface area (TPSA) is 30.0 Å². The second-order valence-electron chi connectivity index (χ2n) is 5.27. The molecule has 1 aromatic rings. The van der Waals surface area contributed by atoms with Gasteiger partial charge in [0, 0.05) is 12.6 Å². The van der Waals surface area contributed by atoms with Crippen molar-refractivity contribution in [2.24, 2.45) is 0 Å². The Morgan fingerprint density at radius 3 is 3.11 bits per heavy atom. The van der Waals surface area contributed by atoms with Crippen LogP contribution in [0.3, 0.4) is 0 Å². The van der Waals surface area contributed by atoms with Crippen molar-refractivity contribution in [2.45, 2.75) is 64.2 Å². The quantitative estimate of drug-likeness (QED) is 0.708. The second-order valence-corrected chi connectivity index (χ2v) is 5.27. The van der Waals surface area contributed by atoms with E-state index in [0.29, 0.717) is 5.78 Å². The maximum atomic E-state index is 12.3. The fourth-order valence-corrected chi connectivity index (χ4v) is 2.82. The molecule has 1 atom stereocenters. The number of nitrogens with zero attached hydrogens (tertiary/aromatic N) is 1. The molecule has 2 heteroatoms. The third-order valence-electron chi connectivity index (χ3n) is 3.86. The van der Waals surface area contributed by atoms with E-state index in [1.807, 2.05) is 12.3 Å². The number of hydrogen-bond donors (Lipinski definition) is 0. The minimum atomic E-state index is 0.0802. The van der Waals surface area contributed by atoms with Crippen molar-refractivity contribution in [1.82, 2.24) is 4.98 Å². The van der Waals surface area contributed by atoms with Gasteiger partial charge in [-0.2, -0.15) is 0 Å². The Balaban J connectivity index is 1.95. The fraction of sp³-hybridized carbons (Fsp3) is 0.625. The fourth-order valence-electron chi connectivity index (χ4n) is 2.82. The Hall–Kier alpha value is -1.18. The highest BCUT2D eigenvalue weighted by Gasteiger charge is 2.26. The van der Waals surface area contributed by atoms with Crippen LogP contribution in [0.25, 0.3) is 0 Å². The number of pyridine rings is 1. The van der Waals surface area contributed by atoms with Crippen molar-refractivity contribution >= 4 is 5.78 Å². The zero-order chi connectivity index (χ0) is 12.8. The summed E-state index contributed by atoms with van der Waals surface area (Å²) in [5.41, 5.74) is 2.35. The summed E-state index contributed by atoms with van der Waals surface area (Å²) in [4.78, 5) is 16.7. The molecule has 1 aliphatic rings. The third kappa shape index (κ3) is 3.18. The maximum absolute atomic E-state index is 12.3. The van der Waals surface area contributed by atoms with Crippen LogP contribution >= 0.6 is 0 Å². The molecule has 0 N–H and O–H groups in total. The van der Waals surface area contributed by atoms with E-state index in [2.05, 4.69) is 18.0 Å². The van der Waals surface area contributed by atoms with E-state index >= 15 is 0 Å². The van der Waals surface area contributed by atoms with E-state index in [4.69, 9.17) is 0 Å². The van der Waals surface area contributed by atoms with E-state index in [1.54, 1.807) is 0 Å². The van der Waals surface area contributed by atoms with Crippen LogP contribution in [0.4, 0.5) is 0 Å². The summed E-state index contributed by atoms with van der Waals surface area (Å²) in [5.74, 6) is 0.488. The standard InChI is InChI=1S/C16H23NO/c1-2-3-4-5-11-15(18)14-10-6-8-13-9-7-12-17-16(13)14/h7,9,12,14H,2-6,8,10-11H2,1H3. The van der Waals surface area contributed by atoms with Gasteiger partial charge in [-0.3, -0.25) is 9.78 Å². The van der Waals surface area contributed by atoms with Gasteiger partial charge in [0.15, 0.2) is 0 Å². The van der Waals surface area contributed by atoms with Gasteiger partial charge in [-0.15, -0.1) is 0 Å². The predicted molar refractivity (Wildman–Crippen MR) is 73.7 cm³/mol. The molecule has 1 aromatic heterocycles. The first-order valence-corrected chi connectivity index (χ1v) is 7.29. The summed E-state index contributed by atoms with van der Waals surface area (Å²) in [6.45, 7) is 2.20. The van der Waals surface area contributed by atoms with Crippen LogP contribution in [0.15, 0.2) is 18.3 Å². The van der Waals surface area contributed by atoms with Crippen LogP contribution in [0, 0.1) is 0 Å². The average molecular weight is 245 g/mol. The van der Waals surface area contributed by atoms with Gasteiger partial charge in [0.1, 0.15) is 5.78 Å². The van der Waals surface area contributed by atoms with Crippen LogP contribution in [0.1, 0.15) is 69.0 Å². The Labute approximate surface area is 110 Å². The lowest BCUT2D eigenvalue weighted by molar-refractivity contribution is -0.121. The summed E-state index contributed by atoms with van der Waals surface area (Å²) in [6.07, 6.45) is 10.5. The summed E-state index contributed by atoms with van der Waals surface area (Å²) in [5, 5.41) is 0. The van der Waals surface area contributed by atoms with Crippen LogP contribution in [-0.2, 0) is 11.2 Å². The molecule has 0 amide bonds. The number of unbranched alkanes of at least 4 members (excludes halogenated alkanes) is 3. The van der Waals surface area contributed by atoms with Gasteiger partial charge in [-0.25, -0.2) is 0 Å². The van der Waals surface area contributed by atoms with E-state index < -0.39 is 0 Å². The van der Waals surface area contributed by atoms with E-state index in [-0.39, 0.29) is 5.92 Å². The Bertz CT molecular complexity index is 400. The van der Waals surface area contributed by atoms with Gasteiger partial charge in [0.05, 0.1) is 11.6 Å². The van der Waals surface area contributed by atoms with Crippen molar-refractivity contribution in [3.8, 4) is 0 Å². The van der Waals surface area contributed by atoms with Crippen LogP contribution < -0.4 is 0 Å². The zero-order valence-electron chi connectivity index (χ0n) is 11.3. The van der Waals surface area contributed by atoms with Gasteiger partial charge in [-0.05, 0) is 37.3 Å². The Morgan fingerprint density at radius 2 is 2.28 bits per heavy atom. The van der Waals surface area contributed by atoms with E-state index in [0.717, 1.165) is 37.8 Å². The number of hydrogen-bond acceptors (Lipinski definition) is 2. The van der Waals surface area contributed by atoms with Crippen LogP contribution in [0.2, 0.25) is 0 Å². The largest absolute Gasteiger partial charge is 0.299 e. The van der Waals surface area contributed by atoms with Crippen molar-refractivity contribution in [3.05, 3.63) is 29.6 Å². The first-order valence-electron chi connectivity index (χ1n) is 7.29. The smallest absolute Gasteiger partial charge is 0.141 e. The molecule has 1 heterocycles. The van der Waals surface area contributed by atoms with Gasteiger partial charge in [-0.1, -0.05) is 32.3 Å². The number of rotatable bonds is 6. The number of carbonyl (C=O) groups is 1. The predicted octanol–water partition coefficient (Wildman–Crippen LogP) is 4.04. The Kier molecular flexibility index (Phi) is 4.91. The summed E-state index contributed by atoms with van der Waals surface area (Å²) in [7, 11) is 0. The maximum Gasteiger partial charge on any atom is 0.141 e. The molecule has 0 radical (unpaired) electrons. The number of fused-ring (bicyclic) bond motifs is 1. The molecule has 0 fully saturated rings. The molecule has 0 spiro atoms. The zero-order valence-corrected chi connectivity index (χ0v) is 11.3. The van der Waals surface area contributed by atoms with Crippen LogP contribution in [0.5, 0.6) is 0 Å². The Morgan fingerprint density at radius 1 is 1.39 bits per heavy atom. The minimum absolute atomic E-state index is 0.0802. The average Bonchev–Trinajstić information content (AvgIpc) is 2.43. The van der Waals surface area contributed by atoms with Crippen molar-refractivity contribution in [3.63, 3.8) is 0 Å². The molecule has 0 saturated heterocycles. The van der Waals surface area contributed by atoms with Crippen molar-refractivity contribution < 1.29 is 4.79 Å². The third-order valence-corrected chi connectivity index (χ3v) is 3.86. The molecular formula is C16H23NO. The molecule has 18 heavy (non-hydrogen) atoms. The minimum Gasteiger partial charge on any atom is -0.299 e. The molecule has 2 rings (SSSR count). The van der Waals surface area contributed by atoms with Gasteiger partial charge >= 0.3 is 0 Å². The molecule has 0 saturated carbocycles. The van der Waals surface area contributed by atoms with Gasteiger partial charge in [0.25, 0.3) is 0 Å². The number of Topliss-reactive ketones (excluding diaryl/α,β-unsaturated/α-hetero) is 1. The molecule has 0 aromatic carbocycles. The second kappa shape index (κ2) is 6.67. The van der Waals surface area contributed by atoms with Crippen molar-refractivity contribution in [1.29, 1.82) is 0 Å². The number of carbonyl (C=O) groups excluding carboxylic acids is 1. The summed E-state index contributed by atoms with van der Waals surface area (Å²) in [6, 6.07) is 4.10. The number of aryl methyl sites for hydroxylation is 1. The van der Waals surface area contributed by atoms with E-state index in [9.17, 15) is 4.79 Å². The summed E-state index contributed by atoms with van der Waals surface area (Å²) < 4.78 is 0. The van der Waals surface area contributed by atoms with Crippen molar-refractivity contribution in [2.75, 3.05) is 0 Å². The highest BCUT2D eigenvalue weighted by atomic mass is 16.1. The first kappa shape index (κ1) is 13.3. The first-order chi connectivity index (χ1) is 8.83. The van der Waals surface area contributed by atoms with E-state index in [1.165, 1.54) is 24.8 Å².